The minimum Gasteiger partial charge on any atom is -0.478 e. The van der Waals surface area contributed by atoms with Crippen LogP contribution in [0.2, 0.25) is 0 Å². The molecular formula is C8H9N3O2S. The molecule has 1 aromatic heterocycles. The minimum atomic E-state index is -0.960. The number of thioether (sulfide) groups is 1. The van der Waals surface area contributed by atoms with Crippen molar-refractivity contribution >= 4 is 23.5 Å². The van der Waals surface area contributed by atoms with Gasteiger partial charge < -0.3 is 10.8 Å². The molecule has 0 spiro atoms. The highest BCUT2D eigenvalue weighted by molar-refractivity contribution is 7.99. The molecule has 0 fully saturated rings. The van der Waals surface area contributed by atoms with Crippen molar-refractivity contribution in [2.75, 3.05) is 11.5 Å². The van der Waals surface area contributed by atoms with Crippen LogP contribution in [0.4, 0.5) is 5.82 Å². The second-order valence-electron chi connectivity index (χ2n) is 2.30. The quantitative estimate of drug-likeness (QED) is 0.565. The number of aliphatic carboxylic acids is 1. The van der Waals surface area contributed by atoms with E-state index in [1.54, 1.807) is 6.20 Å². The van der Waals surface area contributed by atoms with Crippen molar-refractivity contribution in [2.45, 2.75) is 5.03 Å². The number of aromatic nitrogens is 2. The summed E-state index contributed by atoms with van der Waals surface area (Å²) in [4.78, 5) is 18.0. The van der Waals surface area contributed by atoms with Crippen molar-refractivity contribution in [2.24, 2.45) is 0 Å². The molecule has 0 atom stereocenters. The fourth-order valence-electron chi connectivity index (χ4n) is 0.723. The third kappa shape index (κ3) is 3.44. The van der Waals surface area contributed by atoms with Crippen LogP contribution in [0, 0.1) is 0 Å². The zero-order valence-electron chi connectivity index (χ0n) is 7.25. The third-order valence-electron chi connectivity index (χ3n) is 1.27. The number of carbonyl (C=O) groups is 1. The molecule has 0 unspecified atom stereocenters. The lowest BCUT2D eigenvalue weighted by molar-refractivity contribution is -0.131. The largest absolute Gasteiger partial charge is 0.478 e. The Bertz CT molecular complexity index is 354. The maximum Gasteiger partial charge on any atom is 0.328 e. The number of carboxylic acid groups (broad SMARTS) is 1. The predicted octanol–water partition coefficient (Wildman–Crippen LogP) is 0.792. The Hall–Kier alpha value is -1.56. The average Bonchev–Trinajstić information content (AvgIpc) is 2.15. The third-order valence-corrected chi connectivity index (χ3v) is 2.22. The molecule has 0 radical (unpaired) electrons. The van der Waals surface area contributed by atoms with Gasteiger partial charge in [0.05, 0.1) is 0 Å². The molecule has 0 aliphatic carbocycles. The average molecular weight is 211 g/mol. The summed E-state index contributed by atoms with van der Waals surface area (Å²) in [6.45, 7) is 0. The molecule has 1 rings (SSSR count). The van der Waals surface area contributed by atoms with Crippen LogP contribution in [0.15, 0.2) is 29.6 Å². The molecule has 74 valence electrons. The van der Waals surface area contributed by atoms with Gasteiger partial charge in [0.15, 0.2) is 5.82 Å². The van der Waals surface area contributed by atoms with Gasteiger partial charge in [0.25, 0.3) is 0 Å². The number of carboxylic acids is 1. The Morgan fingerprint density at radius 3 is 2.93 bits per heavy atom. The van der Waals surface area contributed by atoms with Crippen LogP contribution < -0.4 is 5.73 Å². The van der Waals surface area contributed by atoms with E-state index in [-0.39, 0.29) is 0 Å². The molecule has 6 heteroatoms. The second kappa shape index (κ2) is 5.23. The molecule has 5 nitrogen and oxygen atoms in total. The van der Waals surface area contributed by atoms with Gasteiger partial charge in [-0.05, 0) is 0 Å². The maximum absolute atomic E-state index is 10.1. The van der Waals surface area contributed by atoms with E-state index >= 15 is 0 Å². The molecule has 0 aromatic carbocycles. The number of anilines is 1. The SMILES string of the molecule is Nc1nccnc1SC/C=C/C(=O)O. The van der Waals surface area contributed by atoms with E-state index in [1.807, 2.05) is 0 Å². The number of nitrogens with two attached hydrogens (primary N) is 1. The lowest BCUT2D eigenvalue weighted by atomic mass is 10.5. The second-order valence-corrected chi connectivity index (χ2v) is 3.31. The van der Waals surface area contributed by atoms with Crippen LogP contribution in [0.3, 0.4) is 0 Å². The Balaban J connectivity index is 2.46. The fraction of sp³-hybridized carbons (Fsp3) is 0.125. The molecule has 0 saturated carbocycles. The van der Waals surface area contributed by atoms with Gasteiger partial charge in [-0.25, -0.2) is 14.8 Å². The lowest BCUT2D eigenvalue weighted by Crippen LogP contribution is -1.94. The van der Waals surface area contributed by atoms with Gasteiger partial charge >= 0.3 is 5.97 Å². The monoisotopic (exact) mass is 211 g/mol. The Kier molecular flexibility index (Phi) is 3.93. The first-order chi connectivity index (χ1) is 6.70. The van der Waals surface area contributed by atoms with Gasteiger partial charge in [-0.15, -0.1) is 0 Å². The van der Waals surface area contributed by atoms with Crippen molar-refractivity contribution < 1.29 is 9.90 Å². The zero-order chi connectivity index (χ0) is 10.4. The molecule has 1 heterocycles. The van der Waals surface area contributed by atoms with Crippen LogP contribution in [-0.4, -0.2) is 26.8 Å². The normalized spacial score (nSPS) is 10.6. The van der Waals surface area contributed by atoms with E-state index in [0.717, 1.165) is 6.08 Å². The highest BCUT2D eigenvalue weighted by Crippen LogP contribution is 2.19. The summed E-state index contributed by atoms with van der Waals surface area (Å²) in [5.41, 5.74) is 5.53. The van der Waals surface area contributed by atoms with Crippen molar-refractivity contribution in [1.29, 1.82) is 0 Å². The van der Waals surface area contributed by atoms with E-state index in [9.17, 15) is 4.79 Å². The summed E-state index contributed by atoms with van der Waals surface area (Å²) in [6, 6.07) is 0. The van der Waals surface area contributed by atoms with Gasteiger partial charge in [0, 0.05) is 24.2 Å². The topological polar surface area (TPSA) is 89.1 Å². The number of nitrogens with zero attached hydrogens (tertiary/aromatic N) is 2. The van der Waals surface area contributed by atoms with Crippen LogP contribution in [0.5, 0.6) is 0 Å². The summed E-state index contributed by atoms with van der Waals surface area (Å²) in [6.07, 6.45) is 5.66. The minimum absolute atomic E-state index is 0.362. The zero-order valence-corrected chi connectivity index (χ0v) is 8.07. The van der Waals surface area contributed by atoms with Gasteiger partial charge in [-0.2, -0.15) is 0 Å². The number of rotatable bonds is 4. The molecule has 0 aliphatic rings. The van der Waals surface area contributed by atoms with E-state index in [4.69, 9.17) is 10.8 Å². The van der Waals surface area contributed by atoms with Gasteiger partial charge in [0.2, 0.25) is 0 Å². The van der Waals surface area contributed by atoms with Crippen molar-refractivity contribution in [3.63, 3.8) is 0 Å². The predicted molar refractivity (Wildman–Crippen MR) is 53.9 cm³/mol. The molecule has 0 amide bonds. The first-order valence-electron chi connectivity index (χ1n) is 3.79. The van der Waals surface area contributed by atoms with E-state index < -0.39 is 5.97 Å². The highest BCUT2D eigenvalue weighted by Gasteiger charge is 1.99. The lowest BCUT2D eigenvalue weighted by Gasteiger charge is -1.98. The molecule has 14 heavy (non-hydrogen) atoms. The first-order valence-corrected chi connectivity index (χ1v) is 4.77. The van der Waals surface area contributed by atoms with Gasteiger partial charge in [-0.3, -0.25) is 0 Å². The first kappa shape index (κ1) is 10.5. The Morgan fingerprint density at radius 2 is 2.29 bits per heavy atom. The summed E-state index contributed by atoms with van der Waals surface area (Å²) in [5.74, 6) is -0.0891. The van der Waals surface area contributed by atoms with Crippen LogP contribution in [-0.2, 0) is 4.79 Å². The molecule has 3 N–H and O–H groups in total. The van der Waals surface area contributed by atoms with E-state index in [2.05, 4.69) is 9.97 Å². The number of nitrogen functional groups attached to an aromatic ring is 1. The van der Waals surface area contributed by atoms with Gasteiger partial charge in [-0.1, -0.05) is 17.8 Å². The summed E-state index contributed by atoms with van der Waals surface area (Å²) in [5, 5.41) is 8.93. The molecule has 0 bridgehead atoms. The Labute approximate surface area is 85.1 Å². The Morgan fingerprint density at radius 1 is 1.57 bits per heavy atom. The summed E-state index contributed by atoms with van der Waals surface area (Å²) >= 11 is 1.34. The van der Waals surface area contributed by atoms with Crippen molar-refractivity contribution in [3.05, 3.63) is 24.5 Å². The number of hydrogen-bond donors (Lipinski definition) is 2. The fourth-order valence-corrected chi connectivity index (χ4v) is 1.41. The maximum atomic E-state index is 10.1. The standard InChI is InChI=1S/C8H9N3O2S/c9-7-8(11-4-3-10-7)14-5-1-2-6(12)13/h1-4H,5H2,(H2,9,10)(H,12,13)/b2-1+. The van der Waals surface area contributed by atoms with Crippen molar-refractivity contribution in [1.82, 2.24) is 9.97 Å². The van der Waals surface area contributed by atoms with Crippen LogP contribution in [0.1, 0.15) is 0 Å². The molecular weight excluding hydrogens is 202 g/mol. The summed E-state index contributed by atoms with van der Waals surface area (Å²) in [7, 11) is 0. The molecule has 0 aliphatic heterocycles. The van der Waals surface area contributed by atoms with Crippen molar-refractivity contribution in [3.8, 4) is 0 Å². The smallest absolute Gasteiger partial charge is 0.328 e. The van der Waals surface area contributed by atoms with E-state index in [1.165, 1.54) is 24.0 Å². The number of hydrogen-bond acceptors (Lipinski definition) is 5. The molecule has 1 aromatic rings. The highest BCUT2D eigenvalue weighted by atomic mass is 32.2. The van der Waals surface area contributed by atoms with Gasteiger partial charge in [0.1, 0.15) is 5.03 Å². The van der Waals surface area contributed by atoms with E-state index in [0.29, 0.717) is 16.6 Å². The molecule has 0 saturated heterocycles. The van der Waals surface area contributed by atoms with Crippen LogP contribution in [0.25, 0.3) is 0 Å². The van der Waals surface area contributed by atoms with Crippen LogP contribution >= 0.6 is 11.8 Å². The summed E-state index contributed by atoms with van der Waals surface area (Å²) < 4.78 is 0.